The summed E-state index contributed by atoms with van der Waals surface area (Å²) < 4.78 is 5.65. The summed E-state index contributed by atoms with van der Waals surface area (Å²) >= 11 is 1.70. The molecule has 1 aromatic carbocycles. The average Bonchev–Trinajstić information content (AvgIpc) is 2.83. The topological polar surface area (TPSA) is 29.5 Å². The van der Waals surface area contributed by atoms with Crippen molar-refractivity contribution in [2.24, 2.45) is 0 Å². The first-order chi connectivity index (χ1) is 7.90. The lowest BCUT2D eigenvalue weighted by Gasteiger charge is -2.09. The van der Waals surface area contributed by atoms with Crippen molar-refractivity contribution in [3.8, 4) is 5.75 Å². The first-order valence-electron chi connectivity index (χ1n) is 5.23. The van der Waals surface area contributed by atoms with Crippen LogP contribution < -0.4 is 4.74 Å². The molecule has 0 spiro atoms. The van der Waals surface area contributed by atoms with Gasteiger partial charge >= 0.3 is 0 Å². The van der Waals surface area contributed by atoms with Gasteiger partial charge in [0.05, 0.1) is 13.2 Å². The fourth-order valence-corrected chi connectivity index (χ4v) is 2.19. The summed E-state index contributed by atoms with van der Waals surface area (Å²) in [6.45, 7) is 0.669. The molecule has 0 fully saturated rings. The highest BCUT2D eigenvalue weighted by molar-refractivity contribution is 7.07. The third-order valence-electron chi connectivity index (χ3n) is 2.37. The molecule has 0 amide bonds. The maximum Gasteiger partial charge on any atom is 0.124 e. The van der Waals surface area contributed by atoms with E-state index < -0.39 is 0 Å². The fourth-order valence-electron chi connectivity index (χ4n) is 1.49. The molecule has 1 aromatic heterocycles. The molecule has 1 heterocycles. The number of aliphatic hydroxyl groups is 1. The van der Waals surface area contributed by atoms with E-state index >= 15 is 0 Å². The molecule has 84 valence electrons. The molecule has 0 bridgehead atoms. The smallest absolute Gasteiger partial charge is 0.124 e. The summed E-state index contributed by atoms with van der Waals surface area (Å²) in [4.78, 5) is 0. The molecule has 16 heavy (non-hydrogen) atoms. The van der Waals surface area contributed by atoms with Crippen molar-refractivity contribution in [3.05, 3.63) is 52.2 Å². The van der Waals surface area contributed by atoms with E-state index in [1.807, 2.05) is 24.3 Å². The largest absolute Gasteiger partial charge is 0.493 e. The van der Waals surface area contributed by atoms with E-state index in [1.54, 1.807) is 11.3 Å². The molecular weight excluding hydrogens is 220 g/mol. The summed E-state index contributed by atoms with van der Waals surface area (Å²) in [5.74, 6) is 0.778. The van der Waals surface area contributed by atoms with E-state index in [9.17, 15) is 0 Å². The van der Waals surface area contributed by atoms with Gasteiger partial charge in [-0.2, -0.15) is 11.3 Å². The SMILES string of the molecule is OCc1ccccc1OCCc1ccsc1. The second kappa shape index (κ2) is 5.68. The van der Waals surface area contributed by atoms with Crippen molar-refractivity contribution in [2.75, 3.05) is 6.61 Å². The minimum Gasteiger partial charge on any atom is -0.493 e. The predicted octanol–water partition coefficient (Wildman–Crippen LogP) is 2.86. The van der Waals surface area contributed by atoms with E-state index in [2.05, 4.69) is 16.8 Å². The highest BCUT2D eigenvalue weighted by atomic mass is 32.1. The molecule has 2 nitrogen and oxygen atoms in total. The van der Waals surface area contributed by atoms with E-state index in [4.69, 9.17) is 9.84 Å². The molecular formula is C13H14O2S. The van der Waals surface area contributed by atoms with Crippen LogP contribution >= 0.6 is 11.3 Å². The lowest BCUT2D eigenvalue weighted by Crippen LogP contribution is -2.02. The molecule has 0 radical (unpaired) electrons. The second-order valence-corrected chi connectivity index (χ2v) is 4.28. The van der Waals surface area contributed by atoms with Gasteiger partial charge in [-0.15, -0.1) is 0 Å². The molecule has 1 N–H and O–H groups in total. The van der Waals surface area contributed by atoms with Gasteiger partial charge in [0.25, 0.3) is 0 Å². The Morgan fingerprint density at radius 3 is 2.81 bits per heavy atom. The van der Waals surface area contributed by atoms with Gasteiger partial charge in [0.1, 0.15) is 5.75 Å². The molecule has 2 rings (SSSR count). The van der Waals surface area contributed by atoms with Crippen molar-refractivity contribution < 1.29 is 9.84 Å². The van der Waals surface area contributed by atoms with Gasteiger partial charge in [-0.1, -0.05) is 18.2 Å². The van der Waals surface area contributed by atoms with E-state index in [-0.39, 0.29) is 6.61 Å². The molecule has 0 unspecified atom stereocenters. The first-order valence-corrected chi connectivity index (χ1v) is 6.17. The maximum absolute atomic E-state index is 9.12. The number of hydrogen-bond donors (Lipinski definition) is 1. The molecule has 2 aromatic rings. The minimum absolute atomic E-state index is 0.0224. The van der Waals surface area contributed by atoms with Crippen molar-refractivity contribution in [2.45, 2.75) is 13.0 Å². The lowest BCUT2D eigenvalue weighted by molar-refractivity contribution is 0.264. The third kappa shape index (κ3) is 2.84. The Kier molecular flexibility index (Phi) is 3.97. The van der Waals surface area contributed by atoms with Crippen molar-refractivity contribution in [1.82, 2.24) is 0 Å². The first kappa shape index (κ1) is 11.2. The van der Waals surface area contributed by atoms with Crippen LogP contribution in [-0.2, 0) is 13.0 Å². The number of ether oxygens (including phenoxy) is 1. The Bertz CT molecular complexity index is 423. The molecule has 0 aliphatic rings. The van der Waals surface area contributed by atoms with Crippen LogP contribution in [-0.4, -0.2) is 11.7 Å². The zero-order valence-corrected chi connectivity index (χ0v) is 9.74. The summed E-state index contributed by atoms with van der Waals surface area (Å²) in [5, 5.41) is 13.3. The van der Waals surface area contributed by atoms with Crippen LogP contribution in [0.15, 0.2) is 41.1 Å². The Morgan fingerprint density at radius 1 is 1.19 bits per heavy atom. The maximum atomic E-state index is 9.12. The molecule has 0 aliphatic heterocycles. The van der Waals surface area contributed by atoms with Crippen LogP contribution in [0.3, 0.4) is 0 Å². The Labute approximate surface area is 99.1 Å². The van der Waals surface area contributed by atoms with Crippen LogP contribution in [0.5, 0.6) is 5.75 Å². The van der Waals surface area contributed by atoms with Crippen LogP contribution in [0.2, 0.25) is 0 Å². The number of aliphatic hydroxyl groups excluding tert-OH is 1. The number of rotatable bonds is 5. The second-order valence-electron chi connectivity index (χ2n) is 3.50. The zero-order valence-electron chi connectivity index (χ0n) is 8.93. The summed E-state index contributed by atoms with van der Waals surface area (Å²) in [6, 6.07) is 9.68. The average molecular weight is 234 g/mol. The Balaban J connectivity index is 1.89. The molecule has 3 heteroatoms. The number of para-hydroxylation sites is 1. The normalized spacial score (nSPS) is 10.3. The minimum atomic E-state index is 0.0224. The summed E-state index contributed by atoms with van der Waals surface area (Å²) in [6.07, 6.45) is 0.906. The number of benzene rings is 1. The highest BCUT2D eigenvalue weighted by Crippen LogP contribution is 2.18. The summed E-state index contributed by atoms with van der Waals surface area (Å²) in [5.41, 5.74) is 2.14. The quantitative estimate of drug-likeness (QED) is 0.862. The van der Waals surface area contributed by atoms with Crippen molar-refractivity contribution >= 4 is 11.3 Å². The van der Waals surface area contributed by atoms with E-state index in [0.29, 0.717) is 6.61 Å². The van der Waals surface area contributed by atoms with Gasteiger partial charge in [-0.3, -0.25) is 0 Å². The lowest BCUT2D eigenvalue weighted by atomic mass is 10.2. The third-order valence-corrected chi connectivity index (χ3v) is 3.10. The predicted molar refractivity (Wildman–Crippen MR) is 65.9 cm³/mol. The monoisotopic (exact) mass is 234 g/mol. The molecule has 0 aliphatic carbocycles. The number of hydrogen-bond acceptors (Lipinski definition) is 3. The van der Waals surface area contributed by atoms with Gasteiger partial charge < -0.3 is 9.84 Å². The van der Waals surface area contributed by atoms with Crippen molar-refractivity contribution in [3.63, 3.8) is 0 Å². The number of thiophene rings is 1. The van der Waals surface area contributed by atoms with Crippen LogP contribution in [0.25, 0.3) is 0 Å². The summed E-state index contributed by atoms with van der Waals surface area (Å²) in [7, 11) is 0. The Hall–Kier alpha value is -1.32. The van der Waals surface area contributed by atoms with Gasteiger partial charge in [-0.25, -0.2) is 0 Å². The van der Waals surface area contributed by atoms with Gasteiger partial charge in [-0.05, 0) is 28.5 Å². The van der Waals surface area contributed by atoms with Gasteiger partial charge in [0.15, 0.2) is 0 Å². The van der Waals surface area contributed by atoms with Crippen molar-refractivity contribution in [1.29, 1.82) is 0 Å². The standard InChI is InChI=1S/C13H14O2S/c14-9-12-3-1-2-4-13(12)15-7-5-11-6-8-16-10-11/h1-4,6,8,10,14H,5,7,9H2. The van der Waals surface area contributed by atoms with E-state index in [0.717, 1.165) is 17.7 Å². The zero-order chi connectivity index (χ0) is 11.2. The molecule has 0 atom stereocenters. The Morgan fingerprint density at radius 2 is 2.06 bits per heavy atom. The van der Waals surface area contributed by atoms with Crippen LogP contribution in [0.1, 0.15) is 11.1 Å². The highest BCUT2D eigenvalue weighted by Gasteiger charge is 2.01. The van der Waals surface area contributed by atoms with Crippen LogP contribution in [0.4, 0.5) is 0 Å². The van der Waals surface area contributed by atoms with Gasteiger partial charge in [0, 0.05) is 12.0 Å². The molecule has 0 saturated carbocycles. The molecule has 0 saturated heterocycles. The van der Waals surface area contributed by atoms with Crippen LogP contribution in [0, 0.1) is 0 Å². The van der Waals surface area contributed by atoms with Gasteiger partial charge in [0.2, 0.25) is 0 Å². The van der Waals surface area contributed by atoms with E-state index in [1.165, 1.54) is 5.56 Å². The fraction of sp³-hybridized carbons (Fsp3) is 0.231.